The third-order valence-corrected chi connectivity index (χ3v) is 5.07. The van der Waals surface area contributed by atoms with E-state index in [0.717, 1.165) is 46.6 Å². The molecule has 2 aromatic rings. The second-order valence-corrected chi connectivity index (χ2v) is 7.34. The molecule has 0 bridgehead atoms. The van der Waals surface area contributed by atoms with Gasteiger partial charge in [0.1, 0.15) is 0 Å². The first-order chi connectivity index (χ1) is 11.5. The topological polar surface area (TPSA) is 34.5 Å². The van der Waals surface area contributed by atoms with Crippen molar-refractivity contribution in [2.75, 3.05) is 20.2 Å². The van der Waals surface area contributed by atoms with Crippen molar-refractivity contribution in [1.82, 2.24) is 9.47 Å². The average molecular weight is 391 g/mol. The van der Waals surface area contributed by atoms with Gasteiger partial charge in [-0.15, -0.1) is 0 Å². The summed E-state index contributed by atoms with van der Waals surface area (Å²) in [4.78, 5) is 14.6. The highest BCUT2D eigenvalue weighted by atomic mass is 79.9. The van der Waals surface area contributed by atoms with Gasteiger partial charge >= 0.3 is 0 Å². The van der Waals surface area contributed by atoms with Crippen molar-refractivity contribution in [1.29, 1.82) is 0 Å². The molecule has 1 aromatic heterocycles. The van der Waals surface area contributed by atoms with Gasteiger partial charge in [-0.25, -0.2) is 0 Å². The number of benzene rings is 1. The van der Waals surface area contributed by atoms with Crippen LogP contribution < -0.4 is 0 Å². The number of aryl methyl sites for hydroxylation is 1. The minimum atomic E-state index is 0.0554. The van der Waals surface area contributed by atoms with Gasteiger partial charge in [-0.05, 0) is 51.0 Å². The first-order valence-electron chi connectivity index (χ1n) is 8.29. The fraction of sp³-hybridized carbons (Fsp3) is 0.421. The van der Waals surface area contributed by atoms with E-state index in [-0.39, 0.29) is 12.0 Å². The number of halogens is 1. The molecule has 0 radical (unpaired) electrons. The summed E-state index contributed by atoms with van der Waals surface area (Å²) in [5.41, 5.74) is 3.84. The molecule has 1 atom stereocenters. The number of carbonyl (C=O) groups is 1. The van der Waals surface area contributed by atoms with Gasteiger partial charge in [0.25, 0.3) is 5.91 Å². The Morgan fingerprint density at radius 3 is 2.83 bits per heavy atom. The van der Waals surface area contributed by atoms with E-state index in [0.29, 0.717) is 6.54 Å². The van der Waals surface area contributed by atoms with Crippen LogP contribution in [0.3, 0.4) is 0 Å². The predicted octanol–water partition coefficient (Wildman–Crippen LogP) is 4.11. The molecule has 0 aliphatic carbocycles. The van der Waals surface area contributed by atoms with Crippen molar-refractivity contribution in [3.8, 4) is 5.69 Å². The second kappa shape index (κ2) is 7.11. The van der Waals surface area contributed by atoms with E-state index in [4.69, 9.17) is 4.74 Å². The SMILES string of the molecule is Cc1cc(C(=O)N(C)CC2CCCO2)c(C)n1-c1cccc(Br)c1. The van der Waals surface area contributed by atoms with Crippen LogP contribution in [0, 0.1) is 13.8 Å². The van der Waals surface area contributed by atoms with Crippen molar-refractivity contribution in [2.24, 2.45) is 0 Å². The Morgan fingerprint density at radius 2 is 2.17 bits per heavy atom. The van der Waals surface area contributed by atoms with Gasteiger partial charge in [-0.3, -0.25) is 4.79 Å². The van der Waals surface area contributed by atoms with E-state index >= 15 is 0 Å². The number of amides is 1. The Labute approximate surface area is 151 Å². The maximum absolute atomic E-state index is 12.9. The Hall–Kier alpha value is -1.59. The van der Waals surface area contributed by atoms with Crippen LogP contribution in [0.25, 0.3) is 5.69 Å². The Bertz CT molecular complexity index is 748. The maximum atomic E-state index is 12.9. The molecule has 1 aliphatic rings. The van der Waals surface area contributed by atoms with Gasteiger partial charge in [0.05, 0.1) is 11.7 Å². The highest BCUT2D eigenvalue weighted by molar-refractivity contribution is 9.10. The lowest BCUT2D eigenvalue weighted by Crippen LogP contribution is -2.34. The van der Waals surface area contributed by atoms with Gasteiger partial charge in [0, 0.05) is 41.7 Å². The Balaban J connectivity index is 1.86. The predicted molar refractivity (Wildman–Crippen MR) is 98.9 cm³/mol. The number of nitrogens with zero attached hydrogens (tertiary/aromatic N) is 2. The molecule has 128 valence electrons. The molecule has 2 heterocycles. The number of aromatic nitrogens is 1. The van der Waals surface area contributed by atoms with E-state index in [1.54, 1.807) is 4.90 Å². The van der Waals surface area contributed by atoms with Crippen molar-refractivity contribution < 1.29 is 9.53 Å². The molecule has 1 fully saturated rings. The normalized spacial score (nSPS) is 17.2. The highest BCUT2D eigenvalue weighted by Gasteiger charge is 2.24. The molecule has 3 rings (SSSR count). The molecule has 0 N–H and O–H groups in total. The largest absolute Gasteiger partial charge is 0.376 e. The monoisotopic (exact) mass is 390 g/mol. The van der Waals surface area contributed by atoms with E-state index in [9.17, 15) is 4.79 Å². The molecule has 1 aliphatic heterocycles. The third-order valence-electron chi connectivity index (χ3n) is 4.58. The van der Waals surface area contributed by atoms with Crippen molar-refractivity contribution in [3.05, 3.63) is 51.8 Å². The zero-order valence-corrected chi connectivity index (χ0v) is 16.0. The average Bonchev–Trinajstić information content (AvgIpc) is 3.14. The summed E-state index contributed by atoms with van der Waals surface area (Å²) in [6.07, 6.45) is 2.30. The fourth-order valence-corrected chi connectivity index (χ4v) is 3.76. The third kappa shape index (κ3) is 3.42. The molecule has 24 heavy (non-hydrogen) atoms. The Morgan fingerprint density at radius 1 is 1.38 bits per heavy atom. The standard InChI is InChI=1S/C19H23BrN2O2/c1-13-10-18(19(23)21(3)12-17-8-5-9-24-17)14(2)22(13)16-7-4-6-15(20)11-16/h4,6-7,10-11,17H,5,8-9,12H2,1-3H3. The van der Waals surface area contributed by atoms with Crippen LogP contribution in [-0.2, 0) is 4.74 Å². The first-order valence-corrected chi connectivity index (χ1v) is 9.08. The van der Waals surface area contributed by atoms with Crippen LogP contribution in [0.4, 0.5) is 0 Å². The summed E-state index contributed by atoms with van der Waals surface area (Å²) < 4.78 is 8.79. The van der Waals surface area contributed by atoms with Gasteiger partial charge in [-0.2, -0.15) is 0 Å². The lowest BCUT2D eigenvalue weighted by molar-refractivity contribution is 0.0586. The Kier molecular flexibility index (Phi) is 5.11. The lowest BCUT2D eigenvalue weighted by Gasteiger charge is -2.21. The molecule has 5 heteroatoms. The van der Waals surface area contributed by atoms with Crippen LogP contribution in [0.5, 0.6) is 0 Å². The number of ether oxygens (including phenoxy) is 1. The lowest BCUT2D eigenvalue weighted by atomic mass is 10.2. The van der Waals surface area contributed by atoms with Gasteiger partial charge in [0.2, 0.25) is 0 Å². The minimum absolute atomic E-state index is 0.0554. The van der Waals surface area contributed by atoms with Gasteiger partial charge in [-0.1, -0.05) is 22.0 Å². The molecular formula is C19H23BrN2O2. The van der Waals surface area contributed by atoms with Crippen molar-refractivity contribution in [2.45, 2.75) is 32.8 Å². The molecule has 1 amide bonds. The van der Waals surface area contributed by atoms with E-state index in [1.165, 1.54) is 0 Å². The zero-order chi connectivity index (χ0) is 17.3. The maximum Gasteiger partial charge on any atom is 0.255 e. The number of rotatable bonds is 4. The number of hydrogen-bond donors (Lipinski definition) is 0. The summed E-state index contributed by atoms with van der Waals surface area (Å²) in [6, 6.07) is 10.1. The van der Waals surface area contributed by atoms with E-state index in [1.807, 2.05) is 39.1 Å². The van der Waals surface area contributed by atoms with Crippen molar-refractivity contribution >= 4 is 21.8 Å². The second-order valence-electron chi connectivity index (χ2n) is 6.42. The quantitative estimate of drug-likeness (QED) is 0.786. The highest BCUT2D eigenvalue weighted by Crippen LogP contribution is 2.24. The fourth-order valence-electron chi connectivity index (χ4n) is 3.37. The molecule has 1 unspecified atom stereocenters. The summed E-state index contributed by atoms with van der Waals surface area (Å²) in [6.45, 7) is 5.50. The zero-order valence-electron chi connectivity index (χ0n) is 14.4. The van der Waals surface area contributed by atoms with E-state index < -0.39 is 0 Å². The van der Waals surface area contributed by atoms with E-state index in [2.05, 4.69) is 32.6 Å². The molecule has 1 aromatic carbocycles. The molecule has 4 nitrogen and oxygen atoms in total. The number of likely N-dealkylation sites (N-methyl/N-ethyl adjacent to an activating group) is 1. The summed E-state index contributed by atoms with van der Waals surface area (Å²) >= 11 is 3.51. The molecule has 1 saturated heterocycles. The summed E-state index contributed by atoms with van der Waals surface area (Å²) in [5.74, 6) is 0.0554. The van der Waals surface area contributed by atoms with Crippen LogP contribution >= 0.6 is 15.9 Å². The van der Waals surface area contributed by atoms with Crippen LogP contribution in [0.1, 0.15) is 34.6 Å². The number of hydrogen-bond acceptors (Lipinski definition) is 2. The van der Waals surface area contributed by atoms with Gasteiger partial charge in [0.15, 0.2) is 0 Å². The molecular weight excluding hydrogens is 368 g/mol. The molecule has 0 saturated carbocycles. The summed E-state index contributed by atoms with van der Waals surface area (Å²) in [5, 5.41) is 0. The smallest absolute Gasteiger partial charge is 0.255 e. The van der Waals surface area contributed by atoms with Gasteiger partial charge < -0.3 is 14.2 Å². The van der Waals surface area contributed by atoms with Crippen LogP contribution in [-0.4, -0.2) is 41.7 Å². The number of carbonyl (C=O) groups excluding carboxylic acids is 1. The van der Waals surface area contributed by atoms with Crippen molar-refractivity contribution in [3.63, 3.8) is 0 Å². The first kappa shape index (κ1) is 17.2. The summed E-state index contributed by atoms with van der Waals surface area (Å²) in [7, 11) is 1.86. The van der Waals surface area contributed by atoms with Crippen LogP contribution in [0.15, 0.2) is 34.8 Å². The molecule has 0 spiro atoms. The van der Waals surface area contributed by atoms with Crippen LogP contribution in [0.2, 0.25) is 0 Å². The minimum Gasteiger partial charge on any atom is -0.376 e.